The first kappa shape index (κ1) is 17.6. The van der Waals surface area contributed by atoms with Gasteiger partial charge in [-0.25, -0.2) is 0 Å². The van der Waals surface area contributed by atoms with Crippen LogP contribution in [0.3, 0.4) is 0 Å². The Hall–Kier alpha value is -2.22. The summed E-state index contributed by atoms with van der Waals surface area (Å²) in [7, 11) is 1.79. The SMILES string of the molecule is CCOC1CC(NC(=O)c2cnn(C)c2-n2cnnc2)C1(CC)CC. The molecule has 0 saturated heterocycles. The zero-order chi connectivity index (χ0) is 18.0. The molecule has 0 aromatic carbocycles. The topological polar surface area (TPSA) is 86.9 Å². The molecule has 1 aliphatic rings. The first-order valence-corrected chi connectivity index (χ1v) is 8.86. The van der Waals surface area contributed by atoms with Crippen LogP contribution < -0.4 is 5.32 Å². The fourth-order valence-corrected chi connectivity index (χ4v) is 4.03. The fourth-order valence-electron chi connectivity index (χ4n) is 4.03. The molecule has 0 spiro atoms. The Morgan fingerprint density at radius 3 is 2.60 bits per heavy atom. The van der Waals surface area contributed by atoms with E-state index in [1.54, 1.807) is 35.1 Å². The number of carbonyl (C=O) groups excluding carboxylic acids is 1. The first-order chi connectivity index (χ1) is 12.1. The summed E-state index contributed by atoms with van der Waals surface area (Å²) in [4.78, 5) is 12.9. The monoisotopic (exact) mass is 346 g/mol. The van der Waals surface area contributed by atoms with Crippen LogP contribution >= 0.6 is 0 Å². The molecule has 2 unspecified atom stereocenters. The highest BCUT2D eigenvalue weighted by Crippen LogP contribution is 2.49. The lowest BCUT2D eigenvalue weighted by atomic mass is 9.58. The van der Waals surface area contributed by atoms with E-state index in [1.165, 1.54) is 0 Å². The largest absolute Gasteiger partial charge is 0.378 e. The second-order valence-electron chi connectivity index (χ2n) is 6.52. The maximum absolute atomic E-state index is 12.9. The van der Waals surface area contributed by atoms with E-state index in [2.05, 4.69) is 34.5 Å². The highest BCUT2D eigenvalue weighted by atomic mass is 16.5. The van der Waals surface area contributed by atoms with E-state index in [0.29, 0.717) is 18.0 Å². The fraction of sp³-hybridized carbons (Fsp3) is 0.647. The Morgan fingerprint density at radius 1 is 1.32 bits per heavy atom. The number of hydrogen-bond donors (Lipinski definition) is 1. The van der Waals surface area contributed by atoms with Crippen molar-refractivity contribution in [2.75, 3.05) is 6.61 Å². The van der Waals surface area contributed by atoms with Crippen LogP contribution in [0.15, 0.2) is 18.9 Å². The van der Waals surface area contributed by atoms with E-state index in [0.717, 1.165) is 19.3 Å². The van der Waals surface area contributed by atoms with E-state index in [1.807, 2.05) is 6.92 Å². The number of ether oxygens (including phenoxy) is 1. The first-order valence-electron chi connectivity index (χ1n) is 8.86. The van der Waals surface area contributed by atoms with Gasteiger partial charge >= 0.3 is 0 Å². The molecule has 2 atom stereocenters. The van der Waals surface area contributed by atoms with Crippen LogP contribution in [-0.4, -0.2) is 49.2 Å². The summed E-state index contributed by atoms with van der Waals surface area (Å²) in [5, 5.41) is 15.0. The highest BCUT2D eigenvalue weighted by Gasteiger charge is 2.54. The van der Waals surface area contributed by atoms with Crippen molar-refractivity contribution in [3.05, 3.63) is 24.4 Å². The van der Waals surface area contributed by atoms with Crippen molar-refractivity contribution < 1.29 is 9.53 Å². The van der Waals surface area contributed by atoms with Gasteiger partial charge in [0.25, 0.3) is 5.91 Å². The minimum Gasteiger partial charge on any atom is -0.378 e. The van der Waals surface area contributed by atoms with E-state index < -0.39 is 0 Å². The van der Waals surface area contributed by atoms with E-state index in [-0.39, 0.29) is 23.5 Å². The average Bonchev–Trinajstić information content (AvgIpc) is 3.24. The number of rotatable bonds is 7. The van der Waals surface area contributed by atoms with Crippen molar-refractivity contribution in [1.82, 2.24) is 29.9 Å². The highest BCUT2D eigenvalue weighted by molar-refractivity contribution is 5.97. The van der Waals surface area contributed by atoms with Crippen LogP contribution in [-0.2, 0) is 11.8 Å². The van der Waals surface area contributed by atoms with Crippen LogP contribution in [0.1, 0.15) is 50.4 Å². The van der Waals surface area contributed by atoms with Gasteiger partial charge in [0.1, 0.15) is 24.0 Å². The number of carbonyl (C=O) groups is 1. The summed E-state index contributed by atoms with van der Waals surface area (Å²) in [5.74, 6) is 0.532. The molecule has 0 bridgehead atoms. The zero-order valence-electron chi connectivity index (χ0n) is 15.3. The van der Waals surface area contributed by atoms with Crippen molar-refractivity contribution in [2.45, 2.75) is 52.2 Å². The molecule has 2 heterocycles. The van der Waals surface area contributed by atoms with Crippen molar-refractivity contribution in [1.29, 1.82) is 0 Å². The Bertz CT molecular complexity index is 720. The number of aromatic nitrogens is 5. The van der Waals surface area contributed by atoms with Gasteiger partial charge in [-0.15, -0.1) is 10.2 Å². The predicted molar refractivity (Wildman–Crippen MR) is 92.4 cm³/mol. The summed E-state index contributed by atoms with van der Waals surface area (Å²) >= 11 is 0. The molecule has 2 aromatic heterocycles. The quantitative estimate of drug-likeness (QED) is 0.825. The predicted octanol–water partition coefficient (Wildman–Crippen LogP) is 1.71. The van der Waals surface area contributed by atoms with Crippen LogP contribution in [0, 0.1) is 5.41 Å². The van der Waals surface area contributed by atoms with Gasteiger partial charge in [-0.2, -0.15) is 5.10 Å². The van der Waals surface area contributed by atoms with Gasteiger partial charge in [0.05, 0.1) is 12.3 Å². The third kappa shape index (κ3) is 2.84. The maximum Gasteiger partial charge on any atom is 0.256 e. The maximum atomic E-state index is 12.9. The molecule has 8 nitrogen and oxygen atoms in total. The van der Waals surface area contributed by atoms with Crippen molar-refractivity contribution >= 4 is 5.91 Å². The molecular formula is C17H26N6O2. The Labute approximate surface area is 147 Å². The Kier molecular flexibility index (Phi) is 4.89. The molecule has 8 heteroatoms. The lowest BCUT2D eigenvalue weighted by Gasteiger charge is -2.55. The zero-order valence-corrected chi connectivity index (χ0v) is 15.3. The van der Waals surface area contributed by atoms with Crippen molar-refractivity contribution in [3.8, 4) is 5.82 Å². The molecule has 2 aromatic rings. The Morgan fingerprint density at radius 2 is 2.00 bits per heavy atom. The molecule has 1 N–H and O–H groups in total. The number of amides is 1. The van der Waals surface area contributed by atoms with E-state index in [4.69, 9.17) is 4.74 Å². The minimum atomic E-state index is -0.122. The number of aryl methyl sites for hydroxylation is 1. The molecule has 1 amide bonds. The molecule has 25 heavy (non-hydrogen) atoms. The molecule has 1 saturated carbocycles. The number of nitrogens with zero attached hydrogens (tertiary/aromatic N) is 5. The summed E-state index contributed by atoms with van der Waals surface area (Å²) < 4.78 is 9.23. The lowest BCUT2D eigenvalue weighted by molar-refractivity contribution is -0.134. The lowest BCUT2D eigenvalue weighted by Crippen LogP contribution is -2.64. The third-order valence-corrected chi connectivity index (χ3v) is 5.59. The number of hydrogen-bond acceptors (Lipinski definition) is 5. The van der Waals surface area contributed by atoms with Crippen LogP contribution in [0.4, 0.5) is 0 Å². The molecular weight excluding hydrogens is 320 g/mol. The van der Waals surface area contributed by atoms with Crippen LogP contribution in [0.5, 0.6) is 0 Å². The minimum absolute atomic E-state index is 0.00457. The van der Waals surface area contributed by atoms with Gasteiger partial charge in [-0.05, 0) is 26.2 Å². The second kappa shape index (κ2) is 6.95. The Balaban J connectivity index is 1.80. The van der Waals surface area contributed by atoms with Crippen LogP contribution in [0.2, 0.25) is 0 Å². The van der Waals surface area contributed by atoms with Gasteiger partial charge in [0.15, 0.2) is 0 Å². The smallest absolute Gasteiger partial charge is 0.256 e. The van der Waals surface area contributed by atoms with Gasteiger partial charge in [-0.3, -0.25) is 14.0 Å². The van der Waals surface area contributed by atoms with Gasteiger partial charge in [-0.1, -0.05) is 13.8 Å². The third-order valence-electron chi connectivity index (χ3n) is 5.59. The van der Waals surface area contributed by atoms with Crippen molar-refractivity contribution in [3.63, 3.8) is 0 Å². The molecule has 1 fully saturated rings. The van der Waals surface area contributed by atoms with Gasteiger partial charge in [0.2, 0.25) is 0 Å². The number of nitrogens with one attached hydrogen (secondary N) is 1. The van der Waals surface area contributed by atoms with Gasteiger partial charge in [0, 0.05) is 25.1 Å². The van der Waals surface area contributed by atoms with E-state index in [9.17, 15) is 4.79 Å². The van der Waals surface area contributed by atoms with Gasteiger partial charge < -0.3 is 10.1 Å². The molecule has 136 valence electrons. The normalized spacial score (nSPS) is 21.8. The average molecular weight is 346 g/mol. The summed E-state index contributed by atoms with van der Waals surface area (Å²) in [6.07, 6.45) is 7.72. The van der Waals surface area contributed by atoms with Crippen LogP contribution in [0.25, 0.3) is 5.82 Å². The molecule has 0 radical (unpaired) electrons. The summed E-state index contributed by atoms with van der Waals surface area (Å²) in [6, 6.07) is 0.112. The second-order valence-corrected chi connectivity index (χ2v) is 6.52. The van der Waals surface area contributed by atoms with E-state index >= 15 is 0 Å². The summed E-state index contributed by atoms with van der Waals surface area (Å²) in [5.41, 5.74) is 0.521. The molecule has 3 rings (SSSR count). The standard InChI is InChI=1S/C17H26N6O2/c1-5-17(6-2)13(8-14(17)25-7-3)21-15(24)12-9-20-22(4)16(12)23-10-18-19-11-23/h9-11,13-14H,5-8H2,1-4H3,(H,21,24). The van der Waals surface area contributed by atoms with Crippen molar-refractivity contribution in [2.24, 2.45) is 12.5 Å². The molecule has 0 aliphatic heterocycles. The summed E-state index contributed by atoms with van der Waals surface area (Å²) in [6.45, 7) is 7.05. The molecule has 1 aliphatic carbocycles.